The van der Waals surface area contributed by atoms with Gasteiger partial charge >= 0.3 is 11.9 Å². The molecule has 0 aliphatic heterocycles. The highest BCUT2D eigenvalue weighted by Gasteiger charge is 2.15. The van der Waals surface area contributed by atoms with Gasteiger partial charge < -0.3 is 14.6 Å². The van der Waals surface area contributed by atoms with Crippen LogP contribution in [0.1, 0.15) is 142 Å². The highest BCUT2D eigenvalue weighted by Crippen LogP contribution is 2.08. The van der Waals surface area contributed by atoms with Crippen molar-refractivity contribution in [2.45, 2.75) is 148 Å². The van der Waals surface area contributed by atoms with Crippen molar-refractivity contribution in [3.63, 3.8) is 0 Å². The van der Waals surface area contributed by atoms with E-state index in [0.717, 1.165) is 64.2 Å². The number of unbranched alkanes of at least 4 members (excludes halogenated alkanes) is 10. The highest BCUT2D eigenvalue weighted by molar-refractivity contribution is 5.70. The van der Waals surface area contributed by atoms with Gasteiger partial charge in [0, 0.05) is 12.8 Å². The highest BCUT2D eigenvalue weighted by atomic mass is 16.6. The first-order valence-corrected chi connectivity index (χ1v) is 17.5. The van der Waals surface area contributed by atoms with Crippen LogP contribution in [0.2, 0.25) is 0 Å². The third kappa shape index (κ3) is 32.3. The molecule has 44 heavy (non-hydrogen) atoms. The molecule has 0 saturated heterocycles. The van der Waals surface area contributed by atoms with Gasteiger partial charge in [0.25, 0.3) is 0 Å². The second-order valence-electron chi connectivity index (χ2n) is 11.2. The van der Waals surface area contributed by atoms with E-state index >= 15 is 0 Å². The maximum Gasteiger partial charge on any atom is 0.306 e. The number of hydrogen-bond acceptors (Lipinski definition) is 5. The van der Waals surface area contributed by atoms with Crippen LogP contribution >= 0.6 is 0 Å². The quantitative estimate of drug-likeness (QED) is 0.0496. The molecule has 0 aromatic heterocycles. The Morgan fingerprint density at radius 2 is 0.886 bits per heavy atom. The molecule has 0 fully saturated rings. The molecule has 0 aliphatic rings. The first-order valence-electron chi connectivity index (χ1n) is 17.5. The number of hydrogen-bond donors (Lipinski definition) is 1. The van der Waals surface area contributed by atoms with Crippen molar-refractivity contribution in [1.29, 1.82) is 0 Å². The minimum Gasteiger partial charge on any atom is -0.462 e. The summed E-state index contributed by atoms with van der Waals surface area (Å²) in [4.78, 5) is 24.1. The molecule has 0 saturated carbocycles. The van der Waals surface area contributed by atoms with Gasteiger partial charge in [-0.05, 0) is 89.9 Å². The van der Waals surface area contributed by atoms with Crippen molar-refractivity contribution in [2.24, 2.45) is 0 Å². The van der Waals surface area contributed by atoms with E-state index in [1.54, 1.807) is 0 Å². The molecule has 0 bridgehead atoms. The zero-order valence-corrected chi connectivity index (χ0v) is 28.1. The normalized spacial score (nSPS) is 13.1. The molecule has 0 aromatic carbocycles. The Bertz CT molecular complexity index is 833. The van der Waals surface area contributed by atoms with Gasteiger partial charge in [0.05, 0.1) is 6.61 Å². The zero-order valence-electron chi connectivity index (χ0n) is 28.1. The Hall–Kier alpha value is -2.66. The van der Waals surface area contributed by atoms with E-state index in [1.165, 1.54) is 51.4 Å². The Morgan fingerprint density at radius 1 is 0.523 bits per heavy atom. The molecule has 5 heteroatoms. The molecule has 1 atom stereocenters. The van der Waals surface area contributed by atoms with Gasteiger partial charge in [-0.3, -0.25) is 9.59 Å². The predicted octanol–water partition coefficient (Wildman–Crippen LogP) is 10.6. The lowest BCUT2D eigenvalue weighted by Crippen LogP contribution is -2.28. The van der Waals surface area contributed by atoms with Crippen LogP contribution in [-0.2, 0) is 19.1 Å². The molecule has 1 N–H and O–H groups in total. The van der Waals surface area contributed by atoms with Crippen molar-refractivity contribution >= 4 is 11.9 Å². The van der Waals surface area contributed by atoms with Crippen molar-refractivity contribution < 1.29 is 24.2 Å². The molecule has 0 radical (unpaired) electrons. The van der Waals surface area contributed by atoms with E-state index in [1.807, 2.05) is 0 Å². The minimum absolute atomic E-state index is 0.105. The lowest BCUT2D eigenvalue weighted by Gasteiger charge is -2.15. The zero-order chi connectivity index (χ0) is 32.2. The van der Waals surface area contributed by atoms with Gasteiger partial charge in [0.1, 0.15) is 6.61 Å². The molecular weight excluding hydrogens is 548 g/mol. The van der Waals surface area contributed by atoms with Gasteiger partial charge in [-0.25, -0.2) is 0 Å². The Balaban J connectivity index is 3.76. The van der Waals surface area contributed by atoms with Crippen molar-refractivity contribution in [2.75, 3.05) is 13.2 Å². The van der Waals surface area contributed by atoms with Crippen LogP contribution in [0.15, 0.2) is 72.9 Å². The maximum absolute atomic E-state index is 12.1. The second kappa shape index (κ2) is 34.8. The number of esters is 2. The van der Waals surface area contributed by atoms with Crippen LogP contribution < -0.4 is 0 Å². The summed E-state index contributed by atoms with van der Waals surface area (Å²) in [5.41, 5.74) is 0. The fourth-order valence-corrected chi connectivity index (χ4v) is 4.27. The Morgan fingerprint density at radius 3 is 1.27 bits per heavy atom. The Kier molecular flexibility index (Phi) is 32.7. The van der Waals surface area contributed by atoms with E-state index in [4.69, 9.17) is 9.47 Å². The first kappa shape index (κ1) is 41.3. The smallest absolute Gasteiger partial charge is 0.306 e. The van der Waals surface area contributed by atoms with Gasteiger partial charge in [0.15, 0.2) is 6.10 Å². The third-order valence-electron chi connectivity index (χ3n) is 6.97. The van der Waals surface area contributed by atoms with Gasteiger partial charge in [-0.2, -0.15) is 0 Å². The predicted molar refractivity (Wildman–Crippen MR) is 186 cm³/mol. The average Bonchev–Trinajstić information content (AvgIpc) is 3.02. The molecule has 1 unspecified atom stereocenters. The largest absolute Gasteiger partial charge is 0.462 e. The van der Waals surface area contributed by atoms with Gasteiger partial charge in [-0.1, -0.05) is 112 Å². The van der Waals surface area contributed by atoms with Crippen LogP contribution in [0, 0.1) is 0 Å². The fourth-order valence-electron chi connectivity index (χ4n) is 4.27. The third-order valence-corrected chi connectivity index (χ3v) is 6.97. The molecule has 0 rings (SSSR count). The summed E-state index contributed by atoms with van der Waals surface area (Å²) >= 11 is 0. The van der Waals surface area contributed by atoms with E-state index in [9.17, 15) is 14.7 Å². The topological polar surface area (TPSA) is 72.8 Å². The summed E-state index contributed by atoms with van der Waals surface area (Å²) in [7, 11) is 0. The molecule has 5 nitrogen and oxygen atoms in total. The first-order chi connectivity index (χ1) is 21.6. The maximum atomic E-state index is 12.1. The Labute approximate surface area is 270 Å². The molecule has 0 aromatic rings. The van der Waals surface area contributed by atoms with Crippen LogP contribution in [0.5, 0.6) is 0 Å². The van der Waals surface area contributed by atoms with Gasteiger partial charge in [-0.15, -0.1) is 0 Å². The summed E-state index contributed by atoms with van der Waals surface area (Å²) in [5, 5.41) is 9.51. The number of allylic oxidation sites excluding steroid dienone is 12. The summed E-state index contributed by atoms with van der Waals surface area (Å²) in [6.45, 7) is 3.98. The van der Waals surface area contributed by atoms with E-state index < -0.39 is 6.10 Å². The molecular formula is C39H64O5. The number of aliphatic hydroxyl groups is 1. The summed E-state index contributed by atoms with van der Waals surface area (Å²) in [6, 6.07) is 0. The number of carbonyl (C=O) groups excluding carboxylic acids is 2. The lowest BCUT2D eigenvalue weighted by atomic mass is 10.1. The number of ether oxygens (including phenoxy) is 2. The summed E-state index contributed by atoms with van der Waals surface area (Å²) in [6.07, 6.45) is 45.2. The molecule has 0 spiro atoms. The minimum atomic E-state index is -0.808. The van der Waals surface area contributed by atoms with Crippen LogP contribution in [0.4, 0.5) is 0 Å². The second-order valence-corrected chi connectivity index (χ2v) is 11.2. The van der Waals surface area contributed by atoms with E-state index in [2.05, 4.69) is 86.8 Å². The molecule has 0 heterocycles. The summed E-state index contributed by atoms with van der Waals surface area (Å²) in [5.74, 6) is -0.690. The standard InChI is InChI=1S/C39H64O5/c1-3-5-7-9-11-13-15-17-19-21-23-25-27-29-31-33-38(41)43-36-37(35-40)44-39(42)34-32-30-28-26-24-22-20-18-16-14-12-10-8-6-4-2/h11-14,17-20,23-26,37,40H,3-10,15-16,21-22,27-36H2,1-2H3/b13-11+,14-12+,19-17+,20-18+,25-23+,26-24+. The monoisotopic (exact) mass is 612 g/mol. The SMILES string of the molecule is CCCCC/C=C/C/C=C/C/C=C/CCCCC(=O)OCC(CO)OC(=O)CCCC/C=C/C/C=C/C/C=C/CCCCC. The van der Waals surface area contributed by atoms with E-state index in [0.29, 0.717) is 12.8 Å². The molecule has 0 aliphatic carbocycles. The van der Waals surface area contributed by atoms with Crippen LogP contribution in [0.25, 0.3) is 0 Å². The van der Waals surface area contributed by atoms with Crippen molar-refractivity contribution in [1.82, 2.24) is 0 Å². The molecule has 250 valence electrons. The lowest BCUT2D eigenvalue weighted by molar-refractivity contribution is -0.161. The van der Waals surface area contributed by atoms with Crippen molar-refractivity contribution in [3.05, 3.63) is 72.9 Å². The van der Waals surface area contributed by atoms with Gasteiger partial charge in [0.2, 0.25) is 0 Å². The fraction of sp³-hybridized carbons (Fsp3) is 0.641. The van der Waals surface area contributed by atoms with Crippen LogP contribution in [-0.4, -0.2) is 36.4 Å². The number of aliphatic hydroxyl groups excluding tert-OH is 1. The average molecular weight is 613 g/mol. The van der Waals surface area contributed by atoms with E-state index in [-0.39, 0.29) is 25.2 Å². The molecule has 0 amide bonds. The number of rotatable bonds is 30. The van der Waals surface area contributed by atoms with Crippen LogP contribution in [0.3, 0.4) is 0 Å². The summed E-state index contributed by atoms with van der Waals surface area (Å²) < 4.78 is 10.5. The van der Waals surface area contributed by atoms with Crippen molar-refractivity contribution in [3.8, 4) is 0 Å². The number of carbonyl (C=O) groups is 2.